The molecule has 132 valence electrons. The van der Waals surface area contributed by atoms with Gasteiger partial charge in [-0.15, -0.1) is 0 Å². The number of fused-ring (bicyclic) bond motifs is 1. The molecule has 25 heavy (non-hydrogen) atoms. The van der Waals surface area contributed by atoms with Crippen LogP contribution in [0.3, 0.4) is 0 Å². The van der Waals surface area contributed by atoms with E-state index < -0.39 is 0 Å². The fourth-order valence-corrected chi connectivity index (χ4v) is 4.36. The quantitative estimate of drug-likeness (QED) is 0.838. The minimum absolute atomic E-state index is 0.0894. The molecule has 0 N–H and O–H groups in total. The smallest absolute Gasteiger partial charge is 0.257 e. The second-order valence-corrected chi connectivity index (χ2v) is 7.35. The van der Waals surface area contributed by atoms with Crippen LogP contribution in [-0.2, 0) is 18.4 Å². The molecule has 6 nitrogen and oxygen atoms in total. The highest BCUT2D eigenvalue weighted by molar-refractivity contribution is 5.94. The van der Waals surface area contributed by atoms with Gasteiger partial charge in [-0.05, 0) is 30.9 Å². The molecule has 1 aliphatic heterocycles. The summed E-state index contributed by atoms with van der Waals surface area (Å²) in [7, 11) is 1.84. The number of nitrogens with zero attached hydrogens (tertiary/aromatic N) is 4. The van der Waals surface area contributed by atoms with Gasteiger partial charge < -0.3 is 9.64 Å². The Kier molecular flexibility index (Phi) is 4.29. The van der Waals surface area contributed by atoms with Crippen LogP contribution in [0.25, 0.3) is 0 Å². The van der Waals surface area contributed by atoms with E-state index in [1.54, 1.807) is 23.3 Å². The number of hydrogen-bond donors (Lipinski definition) is 0. The van der Waals surface area contributed by atoms with Crippen LogP contribution in [0, 0.1) is 11.3 Å². The van der Waals surface area contributed by atoms with Crippen LogP contribution in [0.4, 0.5) is 0 Å². The molecule has 0 bridgehead atoms. The van der Waals surface area contributed by atoms with E-state index in [4.69, 9.17) is 4.74 Å². The topological polar surface area (TPSA) is 60.2 Å². The highest BCUT2D eigenvalue weighted by atomic mass is 16.5. The second kappa shape index (κ2) is 6.59. The molecule has 0 unspecified atom stereocenters. The van der Waals surface area contributed by atoms with Crippen molar-refractivity contribution in [2.24, 2.45) is 18.4 Å². The van der Waals surface area contributed by atoms with Gasteiger partial charge in [0.25, 0.3) is 5.91 Å². The van der Waals surface area contributed by atoms with Crippen LogP contribution >= 0.6 is 0 Å². The van der Waals surface area contributed by atoms with E-state index >= 15 is 0 Å². The first-order valence-electron chi connectivity index (χ1n) is 8.92. The van der Waals surface area contributed by atoms with E-state index in [1.165, 1.54) is 12.8 Å². The molecule has 2 aromatic heterocycles. The first kappa shape index (κ1) is 16.3. The first-order valence-corrected chi connectivity index (χ1v) is 8.92. The highest BCUT2D eigenvalue weighted by Crippen LogP contribution is 2.49. The van der Waals surface area contributed by atoms with Crippen molar-refractivity contribution < 1.29 is 9.53 Å². The number of likely N-dealkylation sites (tertiary alicyclic amines) is 1. The lowest BCUT2D eigenvalue weighted by molar-refractivity contribution is 0.0252. The van der Waals surface area contributed by atoms with Crippen molar-refractivity contribution in [3.8, 4) is 0 Å². The number of amides is 1. The molecule has 1 aliphatic carbocycles. The first-order chi connectivity index (χ1) is 12.2. The maximum Gasteiger partial charge on any atom is 0.257 e. The predicted octanol–water partition coefficient (Wildman–Crippen LogP) is 2.27. The minimum Gasteiger partial charge on any atom is -0.375 e. The third kappa shape index (κ3) is 3.18. The van der Waals surface area contributed by atoms with E-state index in [0.29, 0.717) is 24.7 Å². The summed E-state index contributed by atoms with van der Waals surface area (Å²) in [5, 5.41) is 4.12. The predicted molar refractivity (Wildman–Crippen MR) is 92.8 cm³/mol. The molecule has 4 rings (SSSR count). The van der Waals surface area contributed by atoms with E-state index in [2.05, 4.69) is 10.1 Å². The Morgan fingerprint density at radius 2 is 2.36 bits per heavy atom. The number of aromatic nitrogens is 3. The van der Waals surface area contributed by atoms with Gasteiger partial charge in [-0.25, -0.2) is 0 Å². The largest absolute Gasteiger partial charge is 0.375 e. The zero-order valence-electron chi connectivity index (χ0n) is 14.6. The van der Waals surface area contributed by atoms with Crippen molar-refractivity contribution in [1.29, 1.82) is 0 Å². The van der Waals surface area contributed by atoms with Gasteiger partial charge in [0.15, 0.2) is 0 Å². The molecule has 2 fully saturated rings. The Hall–Kier alpha value is -2.21. The second-order valence-electron chi connectivity index (χ2n) is 7.35. The number of rotatable bonds is 5. The molecule has 2 aliphatic rings. The highest BCUT2D eigenvalue weighted by Gasteiger charge is 2.50. The third-order valence-corrected chi connectivity index (χ3v) is 5.64. The van der Waals surface area contributed by atoms with Crippen LogP contribution in [-0.4, -0.2) is 45.3 Å². The van der Waals surface area contributed by atoms with Crippen molar-refractivity contribution >= 4 is 5.91 Å². The van der Waals surface area contributed by atoms with Crippen LogP contribution in [0.5, 0.6) is 0 Å². The lowest BCUT2D eigenvalue weighted by atomic mass is 9.81. The summed E-state index contributed by atoms with van der Waals surface area (Å²) in [4.78, 5) is 19.1. The fraction of sp³-hybridized carbons (Fsp3) is 0.526. The summed E-state index contributed by atoms with van der Waals surface area (Å²) in [5.74, 6) is 0.628. The van der Waals surface area contributed by atoms with Crippen molar-refractivity contribution in [3.63, 3.8) is 0 Å². The van der Waals surface area contributed by atoms with Gasteiger partial charge in [-0.2, -0.15) is 5.10 Å². The standard InChI is InChI=1S/C19H24N4O2/c1-22-10-15(9-21-22)18(24)23-11-16-5-4-7-19(16,13-23)14-25-12-17-6-2-3-8-20-17/h2-3,6,8-10,16H,4-5,7,11-14H2,1H3/t16-,19+/m1/s1. The molecule has 0 spiro atoms. The monoisotopic (exact) mass is 340 g/mol. The Morgan fingerprint density at radius 1 is 1.44 bits per heavy atom. The lowest BCUT2D eigenvalue weighted by Gasteiger charge is -2.28. The number of carbonyl (C=O) groups excluding carboxylic acids is 1. The number of aryl methyl sites for hydroxylation is 1. The summed E-state index contributed by atoms with van der Waals surface area (Å²) in [6.07, 6.45) is 8.79. The van der Waals surface area contributed by atoms with Crippen molar-refractivity contribution in [3.05, 3.63) is 48.0 Å². The average molecular weight is 340 g/mol. The SMILES string of the molecule is Cn1cc(C(=O)N2C[C@H]3CCC[C@@]3(COCc3ccccn3)C2)cn1. The van der Waals surface area contributed by atoms with Crippen LogP contribution in [0.15, 0.2) is 36.8 Å². The van der Waals surface area contributed by atoms with Gasteiger partial charge in [0.1, 0.15) is 0 Å². The Labute approximate surface area is 147 Å². The summed E-state index contributed by atoms with van der Waals surface area (Å²) >= 11 is 0. The molecular weight excluding hydrogens is 316 g/mol. The number of ether oxygens (including phenoxy) is 1. The Balaban J connectivity index is 1.41. The summed E-state index contributed by atoms with van der Waals surface area (Å²) < 4.78 is 7.71. The summed E-state index contributed by atoms with van der Waals surface area (Å²) in [5.41, 5.74) is 1.73. The van der Waals surface area contributed by atoms with E-state index in [9.17, 15) is 4.79 Å². The Bertz CT molecular complexity index is 745. The molecular formula is C19H24N4O2. The van der Waals surface area contributed by atoms with E-state index in [-0.39, 0.29) is 11.3 Å². The summed E-state index contributed by atoms with van der Waals surface area (Å²) in [6, 6.07) is 5.87. The maximum absolute atomic E-state index is 12.8. The molecule has 3 heterocycles. The zero-order valence-corrected chi connectivity index (χ0v) is 14.6. The number of hydrogen-bond acceptors (Lipinski definition) is 4. The fourth-order valence-electron chi connectivity index (χ4n) is 4.36. The average Bonchev–Trinajstić information content (AvgIpc) is 3.29. The van der Waals surface area contributed by atoms with Crippen LogP contribution in [0.1, 0.15) is 35.3 Å². The number of carbonyl (C=O) groups is 1. The van der Waals surface area contributed by atoms with E-state index in [1.807, 2.05) is 30.1 Å². The lowest BCUT2D eigenvalue weighted by Crippen LogP contribution is -2.34. The molecule has 2 atom stereocenters. The maximum atomic E-state index is 12.8. The molecule has 2 aromatic rings. The van der Waals surface area contributed by atoms with Gasteiger partial charge in [-0.1, -0.05) is 12.5 Å². The minimum atomic E-state index is 0.0894. The van der Waals surface area contributed by atoms with Crippen LogP contribution in [0.2, 0.25) is 0 Å². The van der Waals surface area contributed by atoms with Crippen molar-refractivity contribution in [1.82, 2.24) is 19.7 Å². The van der Waals surface area contributed by atoms with Crippen molar-refractivity contribution in [2.45, 2.75) is 25.9 Å². The normalized spacial score (nSPS) is 25.3. The van der Waals surface area contributed by atoms with Crippen molar-refractivity contribution in [2.75, 3.05) is 19.7 Å². The summed E-state index contributed by atoms with van der Waals surface area (Å²) in [6.45, 7) is 2.85. The van der Waals surface area contributed by atoms with Gasteiger partial charge in [0, 0.05) is 37.9 Å². The third-order valence-electron chi connectivity index (χ3n) is 5.64. The molecule has 1 saturated heterocycles. The molecule has 0 radical (unpaired) electrons. The molecule has 1 amide bonds. The molecule has 1 saturated carbocycles. The van der Waals surface area contributed by atoms with Gasteiger partial charge in [-0.3, -0.25) is 14.5 Å². The zero-order chi connectivity index (χ0) is 17.3. The number of pyridine rings is 1. The van der Waals surface area contributed by atoms with E-state index in [0.717, 1.165) is 25.2 Å². The Morgan fingerprint density at radius 3 is 3.12 bits per heavy atom. The van der Waals surface area contributed by atoms with Crippen LogP contribution < -0.4 is 0 Å². The molecule has 0 aromatic carbocycles. The van der Waals surface area contributed by atoms with Gasteiger partial charge >= 0.3 is 0 Å². The molecule has 6 heteroatoms. The van der Waals surface area contributed by atoms with Gasteiger partial charge in [0.2, 0.25) is 0 Å². The van der Waals surface area contributed by atoms with Gasteiger partial charge in [0.05, 0.1) is 30.7 Å².